The highest BCUT2D eigenvalue weighted by molar-refractivity contribution is 6.09. The van der Waals surface area contributed by atoms with Crippen LogP contribution in [0, 0.1) is 0 Å². The molecule has 0 saturated carbocycles. The molecule has 1 heteroatoms. The molecule has 0 saturated heterocycles. The van der Waals surface area contributed by atoms with Gasteiger partial charge in [0, 0.05) is 16.9 Å². The fourth-order valence-corrected chi connectivity index (χ4v) is 8.26. The Labute approximate surface area is 322 Å². The van der Waals surface area contributed by atoms with E-state index in [0.717, 1.165) is 22.6 Å². The Morgan fingerprint density at radius 3 is 1.45 bits per heavy atom. The number of para-hydroxylation sites is 1. The maximum Gasteiger partial charge on any atom is 0.0540 e. The Hall–Kier alpha value is -7.22. The third-order valence-corrected chi connectivity index (χ3v) is 10.9. The summed E-state index contributed by atoms with van der Waals surface area (Å²) in [5, 5.41) is 7.43. The van der Waals surface area contributed by atoms with E-state index in [-0.39, 0.29) is 0 Å². The van der Waals surface area contributed by atoms with Gasteiger partial charge in [0.15, 0.2) is 0 Å². The minimum atomic E-state index is 1.09. The van der Waals surface area contributed by atoms with Gasteiger partial charge in [-0.15, -0.1) is 0 Å². The zero-order valence-corrected chi connectivity index (χ0v) is 30.3. The first-order chi connectivity index (χ1) is 27.3. The van der Waals surface area contributed by atoms with Crippen LogP contribution >= 0.6 is 0 Å². The molecule has 258 valence electrons. The smallest absolute Gasteiger partial charge is 0.0540 e. The Bertz CT molecular complexity index is 2980. The highest BCUT2D eigenvalue weighted by Gasteiger charge is 2.22. The second-order valence-electron chi connectivity index (χ2n) is 14.1. The van der Waals surface area contributed by atoms with E-state index in [1.165, 1.54) is 71.3 Å². The second kappa shape index (κ2) is 14.0. The monoisotopic (exact) mass is 699 g/mol. The molecule has 10 rings (SSSR count). The van der Waals surface area contributed by atoms with Crippen molar-refractivity contribution in [3.05, 3.63) is 224 Å². The van der Waals surface area contributed by atoms with Crippen LogP contribution in [0.4, 0.5) is 17.1 Å². The maximum atomic E-state index is 2.46. The SMILES string of the molecule is c1ccc(-c2ccc(N(c3ccc4ccc5ccccc5c4c3)c3ccccc3-c3ccccc3-c3cccc4ccccc34)cc2-c2ccccc2)cc1. The normalized spacial score (nSPS) is 11.3. The third kappa shape index (κ3) is 5.93. The van der Waals surface area contributed by atoms with Gasteiger partial charge in [-0.25, -0.2) is 0 Å². The number of anilines is 3. The molecule has 0 amide bonds. The summed E-state index contributed by atoms with van der Waals surface area (Å²) in [4.78, 5) is 2.46. The number of hydrogen-bond donors (Lipinski definition) is 0. The highest BCUT2D eigenvalue weighted by atomic mass is 15.1. The fourth-order valence-electron chi connectivity index (χ4n) is 8.26. The number of nitrogens with zero attached hydrogens (tertiary/aromatic N) is 1. The summed E-state index contributed by atoms with van der Waals surface area (Å²) in [5.74, 6) is 0. The molecule has 55 heavy (non-hydrogen) atoms. The third-order valence-electron chi connectivity index (χ3n) is 10.9. The fraction of sp³-hybridized carbons (Fsp3) is 0. The van der Waals surface area contributed by atoms with Crippen LogP contribution in [0.15, 0.2) is 224 Å². The minimum Gasteiger partial charge on any atom is -0.310 e. The zero-order valence-electron chi connectivity index (χ0n) is 30.3. The number of benzene rings is 10. The summed E-state index contributed by atoms with van der Waals surface area (Å²) >= 11 is 0. The van der Waals surface area contributed by atoms with Crippen LogP contribution in [-0.4, -0.2) is 0 Å². The Morgan fingerprint density at radius 2 is 0.709 bits per heavy atom. The van der Waals surface area contributed by atoms with Crippen molar-refractivity contribution in [2.45, 2.75) is 0 Å². The zero-order chi connectivity index (χ0) is 36.6. The molecule has 1 nitrogen and oxygen atoms in total. The summed E-state index contributed by atoms with van der Waals surface area (Å²) < 4.78 is 0. The van der Waals surface area contributed by atoms with E-state index in [9.17, 15) is 0 Å². The Kier molecular flexibility index (Phi) is 8.24. The molecule has 0 spiro atoms. The number of rotatable bonds is 7. The van der Waals surface area contributed by atoms with Gasteiger partial charge in [-0.3, -0.25) is 0 Å². The standard InChI is InChI=1S/C54H37N/c1-3-16-38(17-4-1)47-35-34-44(37-52(47)40-18-5-2-6-19-40)55(43-33-32-42-31-30-41-21-8-10-24-46(41)53(42)36-43)54-29-14-13-27-51(54)50-26-12-11-25-49(50)48-28-15-22-39-20-7-9-23-45(39)48/h1-37H. The molecule has 0 aromatic heterocycles. The lowest BCUT2D eigenvalue weighted by atomic mass is 9.90. The van der Waals surface area contributed by atoms with Crippen LogP contribution < -0.4 is 4.90 Å². The van der Waals surface area contributed by atoms with Gasteiger partial charge < -0.3 is 4.90 Å². The average Bonchev–Trinajstić information content (AvgIpc) is 3.27. The number of fused-ring (bicyclic) bond motifs is 4. The summed E-state index contributed by atoms with van der Waals surface area (Å²) in [6.07, 6.45) is 0. The van der Waals surface area contributed by atoms with Crippen molar-refractivity contribution < 1.29 is 0 Å². The summed E-state index contributed by atoms with van der Waals surface area (Å²) in [6.45, 7) is 0. The average molecular weight is 700 g/mol. The molecule has 0 bridgehead atoms. The molecule has 0 fully saturated rings. The minimum absolute atomic E-state index is 1.09. The van der Waals surface area contributed by atoms with Crippen molar-refractivity contribution in [2.75, 3.05) is 4.90 Å². The maximum absolute atomic E-state index is 2.46. The van der Waals surface area contributed by atoms with Gasteiger partial charge in [-0.2, -0.15) is 0 Å². The first kappa shape index (κ1) is 32.4. The summed E-state index contributed by atoms with van der Waals surface area (Å²) in [7, 11) is 0. The lowest BCUT2D eigenvalue weighted by Gasteiger charge is -2.30. The molecule has 10 aromatic carbocycles. The van der Waals surface area contributed by atoms with E-state index in [0.29, 0.717) is 0 Å². The van der Waals surface area contributed by atoms with Gasteiger partial charge in [-0.05, 0) is 102 Å². The lowest BCUT2D eigenvalue weighted by Crippen LogP contribution is -2.12. The van der Waals surface area contributed by atoms with Crippen molar-refractivity contribution in [3.63, 3.8) is 0 Å². The Balaban J connectivity index is 1.24. The van der Waals surface area contributed by atoms with Gasteiger partial charge in [0.05, 0.1) is 5.69 Å². The number of hydrogen-bond acceptors (Lipinski definition) is 1. The van der Waals surface area contributed by atoms with E-state index < -0.39 is 0 Å². The van der Waals surface area contributed by atoms with Gasteiger partial charge in [-0.1, -0.05) is 194 Å². The quantitative estimate of drug-likeness (QED) is 0.150. The lowest BCUT2D eigenvalue weighted by molar-refractivity contribution is 1.29. The molecule has 0 N–H and O–H groups in total. The van der Waals surface area contributed by atoms with E-state index in [2.05, 4.69) is 229 Å². The van der Waals surface area contributed by atoms with Crippen molar-refractivity contribution in [3.8, 4) is 44.5 Å². The van der Waals surface area contributed by atoms with E-state index in [4.69, 9.17) is 0 Å². The largest absolute Gasteiger partial charge is 0.310 e. The summed E-state index contributed by atoms with van der Waals surface area (Å²) in [5.41, 5.74) is 12.9. The van der Waals surface area contributed by atoms with Crippen LogP contribution in [0.3, 0.4) is 0 Å². The van der Waals surface area contributed by atoms with Crippen LogP contribution in [0.5, 0.6) is 0 Å². The van der Waals surface area contributed by atoms with Crippen molar-refractivity contribution in [1.29, 1.82) is 0 Å². The molecule has 0 aliphatic rings. The van der Waals surface area contributed by atoms with Crippen molar-refractivity contribution >= 4 is 49.4 Å². The van der Waals surface area contributed by atoms with Gasteiger partial charge in [0.25, 0.3) is 0 Å². The van der Waals surface area contributed by atoms with Crippen molar-refractivity contribution in [2.24, 2.45) is 0 Å². The van der Waals surface area contributed by atoms with Crippen LogP contribution in [0.1, 0.15) is 0 Å². The predicted octanol–water partition coefficient (Wildman–Crippen LogP) is 15.3. The summed E-state index contributed by atoms with van der Waals surface area (Å²) in [6, 6.07) is 81.6. The predicted molar refractivity (Wildman–Crippen MR) is 235 cm³/mol. The van der Waals surface area contributed by atoms with Gasteiger partial charge >= 0.3 is 0 Å². The molecule has 0 aliphatic carbocycles. The van der Waals surface area contributed by atoms with E-state index >= 15 is 0 Å². The van der Waals surface area contributed by atoms with Gasteiger partial charge in [0.2, 0.25) is 0 Å². The first-order valence-corrected chi connectivity index (χ1v) is 18.9. The van der Waals surface area contributed by atoms with E-state index in [1.807, 2.05) is 0 Å². The Morgan fingerprint density at radius 1 is 0.236 bits per heavy atom. The highest BCUT2D eigenvalue weighted by Crippen LogP contribution is 2.47. The van der Waals surface area contributed by atoms with Crippen LogP contribution in [0.2, 0.25) is 0 Å². The molecule has 0 radical (unpaired) electrons. The van der Waals surface area contributed by atoms with Gasteiger partial charge in [0.1, 0.15) is 0 Å². The molecule has 0 aliphatic heterocycles. The molecular weight excluding hydrogens is 663 g/mol. The molecular formula is C54H37N. The molecule has 10 aromatic rings. The first-order valence-electron chi connectivity index (χ1n) is 18.9. The van der Waals surface area contributed by atoms with Crippen LogP contribution in [-0.2, 0) is 0 Å². The van der Waals surface area contributed by atoms with Crippen molar-refractivity contribution in [1.82, 2.24) is 0 Å². The van der Waals surface area contributed by atoms with Crippen LogP contribution in [0.25, 0.3) is 76.8 Å². The molecule has 0 unspecified atom stereocenters. The van der Waals surface area contributed by atoms with E-state index in [1.54, 1.807) is 0 Å². The molecule has 0 heterocycles. The second-order valence-corrected chi connectivity index (χ2v) is 14.1. The molecule has 0 atom stereocenters. The topological polar surface area (TPSA) is 3.24 Å².